The van der Waals surface area contributed by atoms with Crippen molar-refractivity contribution < 1.29 is 9.13 Å². The molecule has 0 aliphatic heterocycles. The van der Waals surface area contributed by atoms with Crippen LogP contribution < -0.4 is 5.32 Å². The van der Waals surface area contributed by atoms with Crippen LogP contribution in [0.2, 0.25) is 0 Å². The third-order valence-electron chi connectivity index (χ3n) is 3.51. The molecule has 0 spiro atoms. The zero-order valence-corrected chi connectivity index (χ0v) is 13.2. The first-order valence-electron chi connectivity index (χ1n) is 7.27. The first-order chi connectivity index (χ1) is 10.3. The molecule has 1 aromatic heterocycles. The highest BCUT2D eigenvalue weighted by molar-refractivity contribution is 7.09. The van der Waals surface area contributed by atoms with E-state index < -0.39 is 0 Å². The number of nitrogens with one attached hydrogen (secondary N) is 1. The summed E-state index contributed by atoms with van der Waals surface area (Å²) >= 11 is 1.78. The summed E-state index contributed by atoms with van der Waals surface area (Å²) in [7, 11) is 1.70. The van der Waals surface area contributed by atoms with Gasteiger partial charge in [0.1, 0.15) is 5.82 Å². The fourth-order valence-electron chi connectivity index (χ4n) is 2.37. The predicted octanol–water partition coefficient (Wildman–Crippen LogP) is 3.84. The Bertz CT molecular complexity index is 515. The van der Waals surface area contributed by atoms with Crippen molar-refractivity contribution in [2.45, 2.75) is 18.8 Å². The molecule has 2 rings (SSSR count). The molecule has 0 saturated carbocycles. The molecule has 1 aromatic carbocycles. The van der Waals surface area contributed by atoms with Crippen molar-refractivity contribution in [2.24, 2.45) is 0 Å². The number of hydrogen-bond donors (Lipinski definition) is 1. The smallest absolute Gasteiger partial charge is 0.123 e. The van der Waals surface area contributed by atoms with Gasteiger partial charge in [0.25, 0.3) is 0 Å². The van der Waals surface area contributed by atoms with E-state index in [1.54, 1.807) is 30.6 Å². The van der Waals surface area contributed by atoms with Crippen molar-refractivity contribution in [1.82, 2.24) is 5.32 Å². The molecule has 1 N–H and O–H groups in total. The summed E-state index contributed by atoms with van der Waals surface area (Å²) in [5.41, 5.74) is 1.07. The minimum Gasteiger partial charge on any atom is -0.383 e. The van der Waals surface area contributed by atoms with Crippen LogP contribution in [0.4, 0.5) is 4.39 Å². The molecule has 1 heterocycles. The Morgan fingerprint density at radius 2 is 2.19 bits per heavy atom. The van der Waals surface area contributed by atoms with Gasteiger partial charge in [-0.15, -0.1) is 11.3 Å². The van der Waals surface area contributed by atoms with Gasteiger partial charge in [-0.2, -0.15) is 0 Å². The standard InChI is InChI=1S/C17H22FNOS/c1-20-10-9-19-13-15(7-8-17-6-3-11-21-17)14-4-2-5-16(18)12-14/h2-6,11-12,15,19H,7-10,13H2,1H3. The fourth-order valence-corrected chi connectivity index (χ4v) is 3.09. The fraction of sp³-hybridized carbons (Fsp3) is 0.412. The molecule has 4 heteroatoms. The molecule has 2 nitrogen and oxygen atoms in total. The van der Waals surface area contributed by atoms with E-state index in [-0.39, 0.29) is 5.82 Å². The average molecular weight is 307 g/mol. The SMILES string of the molecule is COCCNCC(CCc1cccs1)c1cccc(F)c1. The lowest BCUT2D eigenvalue weighted by atomic mass is 9.93. The number of halogens is 1. The van der Waals surface area contributed by atoms with Crippen molar-refractivity contribution in [3.63, 3.8) is 0 Å². The largest absolute Gasteiger partial charge is 0.383 e. The zero-order valence-electron chi connectivity index (χ0n) is 12.3. The maximum atomic E-state index is 13.4. The highest BCUT2D eigenvalue weighted by Gasteiger charge is 2.12. The van der Waals surface area contributed by atoms with E-state index >= 15 is 0 Å². The van der Waals surface area contributed by atoms with Gasteiger partial charge in [0.15, 0.2) is 0 Å². The lowest BCUT2D eigenvalue weighted by molar-refractivity contribution is 0.199. The Labute approximate surface area is 130 Å². The van der Waals surface area contributed by atoms with Crippen LogP contribution in [0, 0.1) is 5.82 Å². The van der Waals surface area contributed by atoms with Gasteiger partial charge in [0.05, 0.1) is 6.61 Å². The van der Waals surface area contributed by atoms with E-state index in [0.29, 0.717) is 12.5 Å². The van der Waals surface area contributed by atoms with E-state index in [1.807, 2.05) is 6.07 Å². The second kappa shape index (κ2) is 8.93. The lowest BCUT2D eigenvalue weighted by Crippen LogP contribution is -2.25. The first-order valence-corrected chi connectivity index (χ1v) is 8.15. The Morgan fingerprint density at radius 3 is 2.90 bits per heavy atom. The second-order valence-corrected chi connectivity index (χ2v) is 6.10. The molecular formula is C17H22FNOS. The summed E-state index contributed by atoms with van der Waals surface area (Å²) in [6.07, 6.45) is 2.05. The highest BCUT2D eigenvalue weighted by atomic mass is 32.1. The monoisotopic (exact) mass is 307 g/mol. The quantitative estimate of drug-likeness (QED) is 0.711. The topological polar surface area (TPSA) is 21.3 Å². The van der Waals surface area contributed by atoms with Crippen molar-refractivity contribution in [2.75, 3.05) is 26.8 Å². The summed E-state index contributed by atoms with van der Waals surface area (Å²) in [6, 6.07) is 11.2. The van der Waals surface area contributed by atoms with Crippen molar-refractivity contribution in [3.05, 3.63) is 58.0 Å². The zero-order chi connectivity index (χ0) is 14.9. The molecule has 1 atom stereocenters. The Balaban J connectivity index is 1.95. The van der Waals surface area contributed by atoms with Gasteiger partial charge in [-0.3, -0.25) is 0 Å². The molecule has 0 bridgehead atoms. The molecule has 2 aromatic rings. The summed E-state index contributed by atoms with van der Waals surface area (Å²) in [5, 5.41) is 5.49. The van der Waals surface area contributed by atoms with Crippen molar-refractivity contribution in [3.8, 4) is 0 Å². The van der Waals surface area contributed by atoms with E-state index in [0.717, 1.165) is 31.5 Å². The maximum absolute atomic E-state index is 13.4. The van der Waals surface area contributed by atoms with E-state index in [1.165, 1.54) is 10.9 Å². The molecule has 0 radical (unpaired) electrons. The molecule has 21 heavy (non-hydrogen) atoms. The third kappa shape index (κ3) is 5.58. The van der Waals surface area contributed by atoms with Gasteiger partial charge < -0.3 is 10.1 Å². The minimum absolute atomic E-state index is 0.162. The van der Waals surface area contributed by atoms with Gasteiger partial charge in [-0.05, 0) is 47.9 Å². The summed E-state index contributed by atoms with van der Waals surface area (Å²) in [5.74, 6) is 0.158. The van der Waals surface area contributed by atoms with Gasteiger partial charge in [0.2, 0.25) is 0 Å². The average Bonchev–Trinajstić information content (AvgIpc) is 3.00. The van der Waals surface area contributed by atoms with Crippen LogP contribution in [-0.4, -0.2) is 26.8 Å². The number of thiophene rings is 1. The number of rotatable bonds is 9. The Kier molecular flexibility index (Phi) is 6.86. The predicted molar refractivity (Wildman–Crippen MR) is 86.5 cm³/mol. The van der Waals surface area contributed by atoms with E-state index in [4.69, 9.17) is 4.74 Å². The number of ether oxygens (including phenoxy) is 1. The molecule has 0 aliphatic carbocycles. The van der Waals surface area contributed by atoms with Crippen LogP contribution in [0.5, 0.6) is 0 Å². The number of benzene rings is 1. The van der Waals surface area contributed by atoms with Crippen LogP contribution >= 0.6 is 11.3 Å². The van der Waals surface area contributed by atoms with Gasteiger partial charge in [-0.1, -0.05) is 18.2 Å². The van der Waals surface area contributed by atoms with Crippen molar-refractivity contribution in [1.29, 1.82) is 0 Å². The molecule has 0 saturated heterocycles. The van der Waals surface area contributed by atoms with E-state index in [9.17, 15) is 4.39 Å². The molecule has 0 aliphatic rings. The molecule has 0 fully saturated rings. The molecule has 114 valence electrons. The van der Waals surface area contributed by atoms with Crippen LogP contribution in [-0.2, 0) is 11.2 Å². The van der Waals surface area contributed by atoms with Gasteiger partial charge in [0, 0.05) is 25.1 Å². The summed E-state index contributed by atoms with van der Waals surface area (Å²) in [4.78, 5) is 1.38. The van der Waals surface area contributed by atoms with Crippen LogP contribution in [0.3, 0.4) is 0 Å². The highest BCUT2D eigenvalue weighted by Crippen LogP contribution is 2.23. The van der Waals surface area contributed by atoms with E-state index in [2.05, 4.69) is 22.8 Å². The third-order valence-corrected chi connectivity index (χ3v) is 4.45. The maximum Gasteiger partial charge on any atom is 0.123 e. The number of methoxy groups -OCH3 is 1. The number of aryl methyl sites for hydroxylation is 1. The number of hydrogen-bond acceptors (Lipinski definition) is 3. The lowest BCUT2D eigenvalue weighted by Gasteiger charge is -2.18. The first kappa shape index (κ1) is 16.1. The molecule has 1 unspecified atom stereocenters. The van der Waals surface area contributed by atoms with Crippen LogP contribution in [0.15, 0.2) is 41.8 Å². The molecular weight excluding hydrogens is 285 g/mol. The summed E-state index contributed by atoms with van der Waals surface area (Å²) in [6.45, 7) is 2.36. The Morgan fingerprint density at radius 1 is 1.29 bits per heavy atom. The van der Waals surface area contributed by atoms with Gasteiger partial charge in [-0.25, -0.2) is 4.39 Å². The van der Waals surface area contributed by atoms with Crippen molar-refractivity contribution >= 4 is 11.3 Å². The van der Waals surface area contributed by atoms with Crippen LogP contribution in [0.1, 0.15) is 22.8 Å². The van der Waals surface area contributed by atoms with Gasteiger partial charge >= 0.3 is 0 Å². The normalized spacial score (nSPS) is 12.5. The second-order valence-electron chi connectivity index (χ2n) is 5.07. The summed E-state index contributed by atoms with van der Waals surface area (Å²) < 4.78 is 18.5. The molecule has 0 amide bonds. The Hall–Kier alpha value is -1.23. The van der Waals surface area contributed by atoms with Crippen LogP contribution in [0.25, 0.3) is 0 Å². The minimum atomic E-state index is -0.162.